The standard InChI is InChI=1S/C20H16ClF3N4/c1-27(2)18-4-3-12(9-26-18)15-7-13(21)8-16-14-5-6-25-10-17(14)28(19(15)16)11-20(22,23)24/h3-10H,11H2,1-2H3. The largest absolute Gasteiger partial charge is 0.406 e. The Morgan fingerprint density at radius 1 is 1.07 bits per heavy atom. The molecule has 8 heteroatoms. The van der Waals surface area contributed by atoms with Crippen LogP contribution in [-0.4, -0.2) is 34.8 Å². The SMILES string of the molecule is CN(C)c1ccc(-c2cc(Cl)cc3c4ccncc4n(CC(F)(F)F)c23)cn1. The Balaban J connectivity index is 2.06. The van der Waals surface area contributed by atoms with Crippen LogP contribution in [0.3, 0.4) is 0 Å². The van der Waals surface area contributed by atoms with Gasteiger partial charge in [-0.3, -0.25) is 4.98 Å². The number of fused-ring (bicyclic) bond motifs is 3. The molecule has 0 N–H and O–H groups in total. The molecule has 0 spiro atoms. The van der Waals surface area contributed by atoms with Crippen molar-refractivity contribution in [1.29, 1.82) is 0 Å². The first kappa shape index (κ1) is 18.6. The summed E-state index contributed by atoms with van der Waals surface area (Å²) in [6.45, 7) is -1.11. The van der Waals surface area contributed by atoms with Crippen LogP contribution in [0.1, 0.15) is 0 Å². The topological polar surface area (TPSA) is 34.0 Å². The molecule has 0 aliphatic carbocycles. The van der Waals surface area contributed by atoms with Crippen molar-refractivity contribution < 1.29 is 13.2 Å². The van der Waals surface area contributed by atoms with Gasteiger partial charge in [0.15, 0.2) is 0 Å². The molecular weight excluding hydrogens is 389 g/mol. The third kappa shape index (κ3) is 3.26. The third-order valence-electron chi connectivity index (χ3n) is 4.58. The van der Waals surface area contributed by atoms with Gasteiger partial charge in [-0.2, -0.15) is 13.2 Å². The van der Waals surface area contributed by atoms with Gasteiger partial charge in [0, 0.05) is 53.4 Å². The average Bonchev–Trinajstić information content (AvgIpc) is 2.94. The number of pyridine rings is 2. The van der Waals surface area contributed by atoms with Gasteiger partial charge in [0.2, 0.25) is 0 Å². The Morgan fingerprint density at radius 3 is 2.50 bits per heavy atom. The van der Waals surface area contributed by atoms with E-state index >= 15 is 0 Å². The average molecular weight is 405 g/mol. The van der Waals surface area contributed by atoms with E-state index in [0.29, 0.717) is 38.0 Å². The molecule has 0 bridgehead atoms. The van der Waals surface area contributed by atoms with Crippen molar-refractivity contribution in [3.05, 3.63) is 53.9 Å². The lowest BCUT2D eigenvalue weighted by molar-refractivity contribution is -0.139. The normalized spacial score (nSPS) is 12.1. The van der Waals surface area contributed by atoms with E-state index in [4.69, 9.17) is 11.6 Å². The number of hydrogen-bond acceptors (Lipinski definition) is 3. The zero-order valence-electron chi connectivity index (χ0n) is 15.1. The van der Waals surface area contributed by atoms with E-state index in [2.05, 4.69) is 9.97 Å². The Bertz CT molecular complexity index is 1160. The second-order valence-electron chi connectivity index (χ2n) is 6.74. The number of benzene rings is 1. The van der Waals surface area contributed by atoms with Crippen molar-refractivity contribution in [1.82, 2.24) is 14.5 Å². The maximum absolute atomic E-state index is 13.3. The van der Waals surface area contributed by atoms with Crippen LogP contribution in [0.2, 0.25) is 5.02 Å². The van der Waals surface area contributed by atoms with Gasteiger partial charge in [-0.1, -0.05) is 11.6 Å². The van der Waals surface area contributed by atoms with Crippen molar-refractivity contribution in [2.45, 2.75) is 12.7 Å². The fraction of sp³-hybridized carbons (Fsp3) is 0.200. The smallest absolute Gasteiger partial charge is 0.363 e. The van der Waals surface area contributed by atoms with Crippen LogP contribution >= 0.6 is 11.6 Å². The monoisotopic (exact) mass is 404 g/mol. The Morgan fingerprint density at radius 2 is 1.86 bits per heavy atom. The summed E-state index contributed by atoms with van der Waals surface area (Å²) in [7, 11) is 3.74. The maximum Gasteiger partial charge on any atom is 0.406 e. The van der Waals surface area contributed by atoms with E-state index in [9.17, 15) is 13.2 Å². The van der Waals surface area contributed by atoms with Gasteiger partial charge in [0.25, 0.3) is 0 Å². The highest BCUT2D eigenvalue weighted by Crippen LogP contribution is 2.39. The van der Waals surface area contributed by atoms with E-state index in [1.54, 1.807) is 30.6 Å². The number of nitrogens with zero attached hydrogens (tertiary/aromatic N) is 4. The molecule has 28 heavy (non-hydrogen) atoms. The highest BCUT2D eigenvalue weighted by atomic mass is 35.5. The highest BCUT2D eigenvalue weighted by molar-refractivity contribution is 6.32. The van der Waals surface area contributed by atoms with Gasteiger partial charge in [0.05, 0.1) is 17.2 Å². The maximum atomic E-state index is 13.3. The minimum atomic E-state index is -4.38. The zero-order valence-corrected chi connectivity index (χ0v) is 15.9. The van der Waals surface area contributed by atoms with Gasteiger partial charge in [-0.15, -0.1) is 0 Å². The zero-order chi connectivity index (χ0) is 20.1. The summed E-state index contributed by atoms with van der Waals surface area (Å²) in [6, 6.07) is 8.73. The van der Waals surface area contributed by atoms with Crippen LogP contribution in [0.4, 0.5) is 19.0 Å². The lowest BCUT2D eigenvalue weighted by atomic mass is 10.0. The van der Waals surface area contributed by atoms with Crippen LogP contribution in [0.5, 0.6) is 0 Å². The van der Waals surface area contributed by atoms with Gasteiger partial charge in [-0.05, 0) is 30.3 Å². The summed E-state index contributed by atoms with van der Waals surface area (Å²) in [4.78, 5) is 10.3. The quantitative estimate of drug-likeness (QED) is 0.450. The molecule has 0 unspecified atom stereocenters. The first-order chi connectivity index (χ1) is 13.2. The summed E-state index contributed by atoms with van der Waals surface area (Å²) >= 11 is 6.32. The molecule has 3 aromatic heterocycles. The fourth-order valence-corrected chi connectivity index (χ4v) is 3.64. The number of hydrogen-bond donors (Lipinski definition) is 0. The van der Waals surface area contributed by atoms with Crippen molar-refractivity contribution >= 4 is 39.2 Å². The molecule has 144 valence electrons. The summed E-state index contributed by atoms with van der Waals surface area (Å²) in [6.07, 6.45) is 0.285. The lowest BCUT2D eigenvalue weighted by Gasteiger charge is -2.15. The van der Waals surface area contributed by atoms with E-state index < -0.39 is 12.7 Å². The minimum absolute atomic E-state index is 0.413. The summed E-state index contributed by atoms with van der Waals surface area (Å²) in [5, 5.41) is 1.78. The van der Waals surface area contributed by atoms with Crippen LogP contribution in [0, 0.1) is 0 Å². The van der Waals surface area contributed by atoms with Crippen molar-refractivity contribution in [2.24, 2.45) is 0 Å². The molecule has 4 aromatic rings. The molecule has 0 saturated carbocycles. The first-order valence-corrected chi connectivity index (χ1v) is 8.88. The van der Waals surface area contributed by atoms with Gasteiger partial charge in [-0.25, -0.2) is 4.98 Å². The number of alkyl halides is 3. The molecule has 1 aromatic carbocycles. The third-order valence-corrected chi connectivity index (χ3v) is 4.80. The van der Waals surface area contributed by atoms with Crippen molar-refractivity contribution in [3.8, 4) is 11.1 Å². The van der Waals surface area contributed by atoms with E-state index in [1.165, 1.54) is 10.8 Å². The summed E-state index contributed by atoms with van der Waals surface area (Å²) in [5.74, 6) is 0.752. The molecule has 0 fully saturated rings. The second-order valence-corrected chi connectivity index (χ2v) is 7.18. The minimum Gasteiger partial charge on any atom is -0.363 e. The highest BCUT2D eigenvalue weighted by Gasteiger charge is 2.30. The van der Waals surface area contributed by atoms with E-state index in [0.717, 1.165) is 5.82 Å². The van der Waals surface area contributed by atoms with Gasteiger partial charge < -0.3 is 9.47 Å². The Hall–Kier alpha value is -2.80. The Labute approximate surface area is 164 Å². The second kappa shape index (κ2) is 6.67. The molecule has 0 saturated heterocycles. The molecule has 4 nitrogen and oxygen atoms in total. The fourth-order valence-electron chi connectivity index (χ4n) is 3.42. The summed E-state index contributed by atoms with van der Waals surface area (Å²) in [5.41, 5.74) is 2.17. The van der Waals surface area contributed by atoms with Crippen molar-refractivity contribution in [2.75, 3.05) is 19.0 Å². The lowest BCUT2D eigenvalue weighted by Crippen LogP contribution is -2.17. The Kier molecular flexibility index (Phi) is 4.42. The van der Waals surface area contributed by atoms with Crippen LogP contribution in [0.25, 0.3) is 32.9 Å². The number of rotatable bonds is 3. The van der Waals surface area contributed by atoms with Gasteiger partial charge >= 0.3 is 6.18 Å². The molecule has 0 atom stereocenters. The van der Waals surface area contributed by atoms with Crippen LogP contribution in [-0.2, 0) is 6.54 Å². The van der Waals surface area contributed by atoms with Gasteiger partial charge in [0.1, 0.15) is 12.4 Å². The predicted molar refractivity (Wildman–Crippen MR) is 106 cm³/mol. The molecule has 0 aliphatic heterocycles. The molecule has 3 heterocycles. The van der Waals surface area contributed by atoms with E-state index in [-0.39, 0.29) is 0 Å². The van der Waals surface area contributed by atoms with E-state index in [1.807, 2.05) is 31.1 Å². The number of anilines is 1. The molecular formula is C20H16ClF3N4. The molecule has 0 aliphatic rings. The number of aromatic nitrogens is 3. The summed E-state index contributed by atoms with van der Waals surface area (Å²) < 4.78 is 41.3. The predicted octanol–water partition coefficient (Wildman–Crippen LogP) is 5.53. The van der Waals surface area contributed by atoms with Crippen molar-refractivity contribution in [3.63, 3.8) is 0 Å². The van der Waals surface area contributed by atoms with Crippen LogP contribution < -0.4 is 4.90 Å². The molecule has 4 rings (SSSR count). The molecule has 0 amide bonds. The van der Waals surface area contributed by atoms with Crippen LogP contribution in [0.15, 0.2) is 48.9 Å². The number of halogens is 4. The first-order valence-electron chi connectivity index (χ1n) is 8.50. The molecule has 0 radical (unpaired) electrons.